The van der Waals surface area contributed by atoms with Crippen molar-refractivity contribution in [1.82, 2.24) is 10.3 Å². The maximum atomic E-state index is 13.7. The summed E-state index contributed by atoms with van der Waals surface area (Å²) in [6, 6.07) is 19.7. The van der Waals surface area contributed by atoms with E-state index in [0.717, 1.165) is 15.6 Å². The summed E-state index contributed by atoms with van der Waals surface area (Å²) in [4.78, 5) is 27.3. The molecule has 3 atom stereocenters. The summed E-state index contributed by atoms with van der Waals surface area (Å²) >= 11 is 3.60. The molecule has 3 heterocycles. The summed E-state index contributed by atoms with van der Waals surface area (Å²) < 4.78 is 11.9. The number of nitrogens with zero attached hydrogens (tertiary/aromatic N) is 2. The molecule has 2 amide bonds. The third-order valence-corrected chi connectivity index (χ3v) is 7.55. The highest BCUT2D eigenvalue weighted by Crippen LogP contribution is 2.42. The van der Waals surface area contributed by atoms with Gasteiger partial charge in [0.1, 0.15) is 17.6 Å². The molecule has 8 heteroatoms. The highest BCUT2D eigenvalue weighted by Gasteiger charge is 2.42. The Morgan fingerprint density at radius 2 is 1.89 bits per heavy atom. The van der Waals surface area contributed by atoms with Crippen LogP contribution in [0.5, 0.6) is 5.75 Å². The molecule has 0 fully saturated rings. The molecule has 0 spiro atoms. The minimum absolute atomic E-state index is 0.0967. The lowest BCUT2D eigenvalue weighted by atomic mass is 9.77. The normalized spacial score (nSPS) is 22.5. The van der Waals surface area contributed by atoms with Gasteiger partial charge in [-0.15, -0.1) is 0 Å². The van der Waals surface area contributed by atoms with Crippen LogP contribution < -0.4 is 10.1 Å². The van der Waals surface area contributed by atoms with Crippen LogP contribution in [-0.4, -0.2) is 35.7 Å². The van der Waals surface area contributed by atoms with Gasteiger partial charge in [-0.25, -0.2) is 5.01 Å². The van der Waals surface area contributed by atoms with Crippen molar-refractivity contribution in [2.75, 3.05) is 7.11 Å². The zero-order valence-corrected chi connectivity index (χ0v) is 22.1. The number of ether oxygens (including phenoxy) is 1. The van der Waals surface area contributed by atoms with Gasteiger partial charge in [-0.3, -0.25) is 9.59 Å². The molecule has 6 rings (SSSR count). The van der Waals surface area contributed by atoms with E-state index < -0.39 is 6.04 Å². The number of amides is 2. The van der Waals surface area contributed by atoms with Crippen LogP contribution >= 0.6 is 15.9 Å². The molecule has 3 unspecified atom stereocenters. The predicted molar refractivity (Wildman–Crippen MR) is 148 cm³/mol. The number of nitrogens with one attached hydrogen (secondary N) is 1. The Kier molecular flexibility index (Phi) is 6.33. The molecule has 38 heavy (non-hydrogen) atoms. The molecule has 7 nitrogen and oxygen atoms in total. The molecular formula is C30H24BrN3O4. The molecule has 1 N–H and O–H groups in total. The number of furan rings is 1. The van der Waals surface area contributed by atoms with Crippen molar-refractivity contribution in [1.29, 1.82) is 0 Å². The zero-order chi connectivity index (χ0) is 26.2. The maximum absolute atomic E-state index is 13.7. The number of benzene rings is 2. The third kappa shape index (κ3) is 4.31. The summed E-state index contributed by atoms with van der Waals surface area (Å²) in [6.07, 6.45) is 7.96. The van der Waals surface area contributed by atoms with Crippen molar-refractivity contribution < 1.29 is 18.7 Å². The molecule has 3 aromatic rings. The fourth-order valence-electron chi connectivity index (χ4n) is 5.22. The Bertz CT molecular complexity index is 1500. The molecule has 190 valence electrons. The van der Waals surface area contributed by atoms with Gasteiger partial charge in [-0.05, 0) is 47.5 Å². The van der Waals surface area contributed by atoms with Gasteiger partial charge >= 0.3 is 0 Å². The van der Waals surface area contributed by atoms with Crippen LogP contribution in [0.1, 0.15) is 34.1 Å². The third-order valence-electron chi connectivity index (χ3n) is 7.02. The van der Waals surface area contributed by atoms with E-state index in [9.17, 15) is 9.59 Å². The number of fused-ring (bicyclic) bond motifs is 1. The minimum Gasteiger partial charge on any atom is -0.497 e. The zero-order valence-electron chi connectivity index (χ0n) is 20.5. The first kappa shape index (κ1) is 24.2. The highest BCUT2D eigenvalue weighted by atomic mass is 79.9. The Labute approximate surface area is 228 Å². The molecular weight excluding hydrogens is 546 g/mol. The van der Waals surface area contributed by atoms with Crippen molar-refractivity contribution in [3.05, 3.63) is 118 Å². The van der Waals surface area contributed by atoms with Crippen molar-refractivity contribution in [3.63, 3.8) is 0 Å². The van der Waals surface area contributed by atoms with E-state index in [1.807, 2.05) is 48.6 Å². The molecule has 0 saturated carbocycles. The van der Waals surface area contributed by atoms with Gasteiger partial charge in [0.25, 0.3) is 11.8 Å². The Hall–Kier alpha value is -4.17. The summed E-state index contributed by atoms with van der Waals surface area (Å²) in [5, 5.41) is 9.35. The van der Waals surface area contributed by atoms with Crippen LogP contribution in [0.3, 0.4) is 0 Å². The lowest BCUT2D eigenvalue weighted by molar-refractivity contribution is -0.117. The summed E-state index contributed by atoms with van der Waals surface area (Å²) in [6.45, 7) is 0. The Morgan fingerprint density at radius 3 is 2.61 bits per heavy atom. The number of methoxy groups -OCH3 is 1. The van der Waals surface area contributed by atoms with Crippen molar-refractivity contribution in [2.24, 2.45) is 11.0 Å². The average Bonchev–Trinajstić information content (AvgIpc) is 3.63. The van der Waals surface area contributed by atoms with Gasteiger partial charge in [-0.2, -0.15) is 5.10 Å². The number of carbonyl (C=O) groups is 2. The quantitative estimate of drug-likeness (QED) is 0.430. The van der Waals surface area contributed by atoms with E-state index in [1.165, 1.54) is 5.01 Å². The molecule has 2 aromatic carbocycles. The van der Waals surface area contributed by atoms with E-state index in [1.54, 1.807) is 43.7 Å². The Balaban J connectivity index is 1.48. The number of allylic oxidation sites excluding steroid dienone is 2. The van der Waals surface area contributed by atoms with Crippen LogP contribution in [0.25, 0.3) is 5.57 Å². The van der Waals surface area contributed by atoms with E-state index in [0.29, 0.717) is 34.8 Å². The van der Waals surface area contributed by atoms with E-state index in [-0.39, 0.29) is 23.8 Å². The lowest BCUT2D eigenvalue weighted by Crippen LogP contribution is -2.46. The monoisotopic (exact) mass is 569 g/mol. The van der Waals surface area contributed by atoms with Crippen LogP contribution in [-0.2, 0) is 4.79 Å². The second kappa shape index (κ2) is 9.95. The van der Waals surface area contributed by atoms with Crippen molar-refractivity contribution >= 4 is 39.0 Å². The van der Waals surface area contributed by atoms with E-state index in [2.05, 4.69) is 27.3 Å². The number of halogens is 1. The molecule has 2 aliphatic heterocycles. The molecule has 0 radical (unpaired) electrons. The first-order valence-corrected chi connectivity index (χ1v) is 13.1. The van der Waals surface area contributed by atoms with Crippen molar-refractivity contribution in [2.45, 2.75) is 18.5 Å². The minimum atomic E-state index is -0.488. The molecule has 0 saturated heterocycles. The van der Waals surface area contributed by atoms with Gasteiger partial charge < -0.3 is 14.5 Å². The highest BCUT2D eigenvalue weighted by molar-refractivity contribution is 9.11. The average molecular weight is 570 g/mol. The SMILES string of the molecule is COc1ccc(C(=O)N2N=C(C3=C(c4ccccc4)C4C=C(Br)C=CC4NC3=O)CC2c2ccco2)cc1. The van der Waals surface area contributed by atoms with Gasteiger partial charge in [0, 0.05) is 22.4 Å². The molecule has 1 aromatic heterocycles. The smallest absolute Gasteiger partial charge is 0.274 e. The first-order valence-electron chi connectivity index (χ1n) is 12.3. The fraction of sp³-hybridized carbons (Fsp3) is 0.167. The van der Waals surface area contributed by atoms with Crippen LogP contribution in [0.4, 0.5) is 0 Å². The number of hydrogen-bond donors (Lipinski definition) is 1. The van der Waals surface area contributed by atoms with E-state index >= 15 is 0 Å². The standard InChI is InChI=1S/C30H24BrN3O4/c1-37-21-12-9-19(10-13-21)30(36)34-25(26-8-5-15-38-26)17-24(33-34)28-27(18-6-3-2-4-7-18)22-16-20(31)11-14-23(22)32-29(28)35/h2-16,22-23,25H,17H2,1H3,(H,32,35). The summed E-state index contributed by atoms with van der Waals surface area (Å²) in [5.41, 5.74) is 3.32. The Morgan fingerprint density at radius 1 is 1.11 bits per heavy atom. The lowest BCUT2D eigenvalue weighted by Gasteiger charge is -2.35. The molecule has 1 aliphatic carbocycles. The molecule has 0 bridgehead atoms. The van der Waals surface area contributed by atoms with E-state index in [4.69, 9.17) is 14.3 Å². The molecule has 3 aliphatic rings. The maximum Gasteiger partial charge on any atom is 0.274 e. The van der Waals surface area contributed by atoms with Crippen LogP contribution in [0, 0.1) is 5.92 Å². The van der Waals surface area contributed by atoms with Gasteiger partial charge in [0.2, 0.25) is 0 Å². The number of hydrogen-bond acceptors (Lipinski definition) is 5. The number of carbonyl (C=O) groups excluding carboxylic acids is 2. The first-order chi connectivity index (χ1) is 18.5. The largest absolute Gasteiger partial charge is 0.497 e. The van der Waals surface area contributed by atoms with Crippen molar-refractivity contribution in [3.8, 4) is 5.75 Å². The second-order valence-electron chi connectivity index (χ2n) is 9.25. The predicted octanol–water partition coefficient (Wildman–Crippen LogP) is 5.65. The second-order valence-corrected chi connectivity index (χ2v) is 10.2. The number of hydrazone groups is 1. The summed E-state index contributed by atoms with van der Waals surface area (Å²) in [7, 11) is 1.58. The van der Waals surface area contributed by atoms with Crippen LogP contribution in [0.15, 0.2) is 111 Å². The summed E-state index contributed by atoms with van der Waals surface area (Å²) in [5.74, 6) is 0.659. The van der Waals surface area contributed by atoms with Gasteiger partial charge in [0.15, 0.2) is 0 Å². The van der Waals surface area contributed by atoms with Gasteiger partial charge in [-0.1, -0.05) is 64.5 Å². The number of rotatable bonds is 5. The van der Waals surface area contributed by atoms with Gasteiger partial charge in [0.05, 0.1) is 30.7 Å². The topological polar surface area (TPSA) is 84.1 Å². The fourth-order valence-corrected chi connectivity index (χ4v) is 5.65. The van der Waals surface area contributed by atoms with Crippen LogP contribution in [0.2, 0.25) is 0 Å².